The van der Waals surface area contributed by atoms with Crippen molar-refractivity contribution in [1.29, 1.82) is 0 Å². The zero-order valence-electron chi connectivity index (χ0n) is 15.7. The Morgan fingerprint density at radius 3 is 2.52 bits per heavy atom. The molecule has 0 unspecified atom stereocenters. The van der Waals surface area contributed by atoms with E-state index in [9.17, 15) is 13.2 Å². The monoisotopic (exact) mass is 391 g/mol. The maximum Gasteiger partial charge on any atom is 0.251 e. The molecular weight excluding hydrogens is 366 g/mol. The molecule has 3 rings (SSSR count). The highest BCUT2D eigenvalue weighted by Gasteiger charge is 2.25. The number of carbonyl (C=O) groups excluding carboxylic acids is 1. The van der Waals surface area contributed by atoms with Crippen LogP contribution in [0.25, 0.3) is 0 Å². The number of aryl methyl sites for hydroxylation is 2. The summed E-state index contributed by atoms with van der Waals surface area (Å²) < 4.78 is 32.8. The number of benzene rings is 1. The van der Waals surface area contributed by atoms with E-state index >= 15 is 0 Å². The summed E-state index contributed by atoms with van der Waals surface area (Å²) in [4.78, 5) is 16.8. The smallest absolute Gasteiger partial charge is 0.251 e. The first-order valence-electron chi connectivity index (χ1n) is 9.19. The van der Waals surface area contributed by atoms with Gasteiger partial charge in [0.25, 0.3) is 5.91 Å². The largest absolute Gasteiger partial charge is 0.444 e. The van der Waals surface area contributed by atoms with E-state index in [1.54, 1.807) is 12.1 Å². The van der Waals surface area contributed by atoms with Crippen LogP contribution in [0.15, 0.2) is 33.6 Å². The average Bonchev–Trinajstić information content (AvgIpc) is 2.85. The fourth-order valence-electron chi connectivity index (χ4n) is 3.10. The zero-order valence-corrected chi connectivity index (χ0v) is 16.5. The van der Waals surface area contributed by atoms with Crippen molar-refractivity contribution >= 4 is 15.9 Å². The van der Waals surface area contributed by atoms with Crippen LogP contribution in [0.2, 0.25) is 0 Å². The van der Waals surface area contributed by atoms with Crippen LogP contribution in [0.4, 0.5) is 0 Å². The average molecular weight is 391 g/mol. The van der Waals surface area contributed by atoms with Gasteiger partial charge in [-0.3, -0.25) is 4.79 Å². The number of nitrogens with zero attached hydrogens (tertiary/aromatic N) is 2. The number of nitrogens with one attached hydrogen (secondary N) is 1. The standard InChI is InChI=1S/C19H25N3O4S/c1-14-15(2)26-18(21-14)13-20-19(23)16-8-7-9-17(12-16)27(24,25)22-10-5-3-4-6-11-22/h7-9,12H,3-6,10-11,13H2,1-2H3,(H,20,23). The fourth-order valence-corrected chi connectivity index (χ4v) is 4.67. The Morgan fingerprint density at radius 2 is 1.89 bits per heavy atom. The molecule has 2 aromatic rings. The highest BCUT2D eigenvalue weighted by Crippen LogP contribution is 2.21. The molecule has 1 aliphatic heterocycles. The van der Waals surface area contributed by atoms with Gasteiger partial charge in [0, 0.05) is 18.7 Å². The Balaban J connectivity index is 1.73. The van der Waals surface area contributed by atoms with E-state index < -0.39 is 10.0 Å². The molecule has 0 aliphatic carbocycles. The molecule has 1 aliphatic rings. The Kier molecular flexibility index (Phi) is 5.96. The van der Waals surface area contributed by atoms with Crippen LogP contribution in [0.5, 0.6) is 0 Å². The normalized spacial score (nSPS) is 16.1. The van der Waals surface area contributed by atoms with E-state index in [4.69, 9.17) is 4.42 Å². The SMILES string of the molecule is Cc1nc(CNC(=O)c2cccc(S(=O)(=O)N3CCCCCC3)c2)oc1C. The minimum Gasteiger partial charge on any atom is -0.444 e. The fraction of sp³-hybridized carbons (Fsp3) is 0.474. The summed E-state index contributed by atoms with van der Waals surface area (Å²) >= 11 is 0. The van der Waals surface area contributed by atoms with E-state index in [-0.39, 0.29) is 17.3 Å². The summed E-state index contributed by atoms with van der Waals surface area (Å²) in [5, 5.41) is 2.72. The van der Waals surface area contributed by atoms with Gasteiger partial charge in [0.2, 0.25) is 15.9 Å². The topological polar surface area (TPSA) is 92.5 Å². The van der Waals surface area contributed by atoms with Gasteiger partial charge >= 0.3 is 0 Å². The van der Waals surface area contributed by atoms with Crippen molar-refractivity contribution in [3.8, 4) is 0 Å². The minimum atomic E-state index is -3.59. The molecule has 1 aromatic heterocycles. The van der Waals surface area contributed by atoms with Gasteiger partial charge < -0.3 is 9.73 Å². The number of oxazole rings is 1. The van der Waals surface area contributed by atoms with E-state index in [0.29, 0.717) is 30.3 Å². The number of carbonyl (C=O) groups is 1. The molecule has 8 heteroatoms. The number of hydrogen-bond donors (Lipinski definition) is 1. The number of hydrogen-bond acceptors (Lipinski definition) is 5. The van der Waals surface area contributed by atoms with Gasteiger partial charge in [-0.2, -0.15) is 4.31 Å². The van der Waals surface area contributed by atoms with E-state index in [1.165, 1.54) is 16.4 Å². The maximum absolute atomic E-state index is 12.9. The Hall–Kier alpha value is -2.19. The molecule has 1 fully saturated rings. The number of aromatic nitrogens is 1. The third-order valence-corrected chi connectivity index (χ3v) is 6.67. The van der Waals surface area contributed by atoms with Crippen LogP contribution in [0.1, 0.15) is 53.4 Å². The van der Waals surface area contributed by atoms with Crippen LogP contribution in [-0.2, 0) is 16.6 Å². The number of sulfonamides is 1. The molecule has 2 heterocycles. The van der Waals surface area contributed by atoms with Gasteiger partial charge in [0.15, 0.2) is 0 Å². The molecule has 27 heavy (non-hydrogen) atoms. The molecule has 0 saturated carbocycles. The van der Waals surface area contributed by atoms with Crippen LogP contribution in [-0.4, -0.2) is 36.7 Å². The van der Waals surface area contributed by atoms with Crippen LogP contribution in [0, 0.1) is 13.8 Å². The lowest BCUT2D eigenvalue weighted by Gasteiger charge is -2.20. The van der Waals surface area contributed by atoms with Gasteiger partial charge in [-0.05, 0) is 44.9 Å². The van der Waals surface area contributed by atoms with Crippen LogP contribution < -0.4 is 5.32 Å². The lowest BCUT2D eigenvalue weighted by molar-refractivity contribution is 0.0947. The van der Waals surface area contributed by atoms with Gasteiger partial charge in [-0.25, -0.2) is 13.4 Å². The van der Waals surface area contributed by atoms with Gasteiger partial charge in [0.05, 0.1) is 17.1 Å². The summed E-state index contributed by atoms with van der Waals surface area (Å²) in [5.74, 6) is 0.771. The molecule has 1 amide bonds. The summed E-state index contributed by atoms with van der Waals surface area (Å²) in [6.07, 6.45) is 3.84. The second kappa shape index (κ2) is 8.22. The van der Waals surface area contributed by atoms with Crippen molar-refractivity contribution in [3.63, 3.8) is 0 Å². The van der Waals surface area contributed by atoms with Crippen molar-refractivity contribution in [2.24, 2.45) is 0 Å². The zero-order chi connectivity index (χ0) is 19.4. The summed E-state index contributed by atoms with van der Waals surface area (Å²) in [6, 6.07) is 6.17. The highest BCUT2D eigenvalue weighted by atomic mass is 32.2. The predicted octanol–water partition coefficient (Wildman–Crippen LogP) is 2.79. The van der Waals surface area contributed by atoms with Crippen molar-refractivity contribution in [3.05, 3.63) is 47.2 Å². The number of rotatable bonds is 5. The lowest BCUT2D eigenvalue weighted by Crippen LogP contribution is -2.32. The van der Waals surface area contributed by atoms with Gasteiger partial charge in [-0.1, -0.05) is 18.9 Å². The molecule has 1 aromatic carbocycles. The second-order valence-electron chi connectivity index (χ2n) is 6.78. The van der Waals surface area contributed by atoms with E-state index in [2.05, 4.69) is 10.3 Å². The Morgan fingerprint density at radius 1 is 1.19 bits per heavy atom. The molecule has 0 spiro atoms. The number of amides is 1. The Labute approximate surface area is 159 Å². The van der Waals surface area contributed by atoms with E-state index in [1.807, 2.05) is 13.8 Å². The minimum absolute atomic E-state index is 0.149. The lowest BCUT2D eigenvalue weighted by atomic mass is 10.2. The Bertz CT molecular complexity index is 893. The first-order chi connectivity index (χ1) is 12.9. The van der Waals surface area contributed by atoms with E-state index in [0.717, 1.165) is 31.4 Å². The van der Waals surface area contributed by atoms with Gasteiger partial charge in [-0.15, -0.1) is 0 Å². The summed E-state index contributed by atoms with van der Waals surface area (Å²) in [5.41, 5.74) is 1.08. The molecular formula is C19H25N3O4S. The predicted molar refractivity (Wildman–Crippen MR) is 101 cm³/mol. The third-order valence-electron chi connectivity index (χ3n) is 4.77. The quantitative estimate of drug-likeness (QED) is 0.846. The van der Waals surface area contributed by atoms with Crippen molar-refractivity contribution < 1.29 is 17.6 Å². The van der Waals surface area contributed by atoms with Crippen molar-refractivity contribution in [2.45, 2.75) is 51.0 Å². The first-order valence-corrected chi connectivity index (χ1v) is 10.6. The maximum atomic E-state index is 12.9. The highest BCUT2D eigenvalue weighted by molar-refractivity contribution is 7.89. The van der Waals surface area contributed by atoms with Crippen LogP contribution in [0.3, 0.4) is 0 Å². The molecule has 1 saturated heterocycles. The molecule has 0 bridgehead atoms. The molecule has 0 atom stereocenters. The third kappa shape index (κ3) is 4.56. The molecule has 1 N–H and O–H groups in total. The molecule has 146 valence electrons. The van der Waals surface area contributed by atoms with Gasteiger partial charge in [0.1, 0.15) is 5.76 Å². The van der Waals surface area contributed by atoms with Crippen molar-refractivity contribution in [2.75, 3.05) is 13.1 Å². The summed E-state index contributed by atoms with van der Waals surface area (Å²) in [6.45, 7) is 4.85. The van der Waals surface area contributed by atoms with Crippen LogP contribution >= 0.6 is 0 Å². The first kappa shape index (κ1) is 19.6. The molecule has 0 radical (unpaired) electrons. The summed E-state index contributed by atoms with van der Waals surface area (Å²) in [7, 11) is -3.59. The molecule has 7 nitrogen and oxygen atoms in total. The second-order valence-corrected chi connectivity index (χ2v) is 8.72. The van der Waals surface area contributed by atoms with Crippen molar-refractivity contribution in [1.82, 2.24) is 14.6 Å².